The largest absolute Gasteiger partial charge is 0.0907 e. The van der Waals surface area contributed by atoms with Crippen LogP contribution in [-0.2, 0) is 0 Å². The van der Waals surface area contributed by atoms with Crippen LogP contribution in [0.4, 0.5) is 0 Å². The lowest BCUT2D eigenvalue weighted by Gasteiger charge is -2.13. The molecule has 0 aliphatic rings. The van der Waals surface area contributed by atoms with Crippen molar-refractivity contribution in [2.45, 2.75) is 70.3 Å². The molecule has 0 aromatic rings. The van der Waals surface area contributed by atoms with Crippen molar-refractivity contribution in [3.8, 4) is 0 Å². The highest BCUT2D eigenvalue weighted by molar-refractivity contribution is 8.77. The average molecular weight is 220 g/mol. The Morgan fingerprint density at radius 1 is 0.846 bits per heavy atom. The zero-order valence-electron chi connectivity index (χ0n) is 9.51. The quantitative estimate of drug-likeness (QED) is 0.520. The van der Waals surface area contributed by atoms with Gasteiger partial charge in [-0.15, -0.1) is 0 Å². The minimum Gasteiger partial charge on any atom is -0.0907 e. The first-order chi connectivity index (χ1) is 6.20. The van der Waals surface area contributed by atoms with Crippen LogP contribution in [0.2, 0.25) is 0 Å². The van der Waals surface area contributed by atoms with Crippen LogP contribution in [0.5, 0.6) is 0 Å². The molecule has 0 saturated carbocycles. The van der Waals surface area contributed by atoms with E-state index < -0.39 is 0 Å². The average Bonchev–Trinajstić information content (AvgIpc) is 2.12. The lowest BCUT2D eigenvalue weighted by atomic mass is 10.2. The Balaban J connectivity index is 3.29. The Morgan fingerprint density at radius 2 is 1.38 bits per heavy atom. The first-order valence-corrected chi connectivity index (χ1v) is 7.80. The van der Waals surface area contributed by atoms with Gasteiger partial charge in [-0.2, -0.15) is 0 Å². The molecule has 0 bridgehead atoms. The summed E-state index contributed by atoms with van der Waals surface area (Å²) in [6.45, 7) is 9.23. The van der Waals surface area contributed by atoms with E-state index in [0.29, 0.717) is 0 Å². The maximum atomic E-state index is 2.35. The molecule has 0 amide bonds. The second-order valence-corrected chi connectivity index (χ2v) is 6.89. The van der Waals surface area contributed by atoms with Crippen LogP contribution in [0.3, 0.4) is 0 Å². The van der Waals surface area contributed by atoms with Crippen molar-refractivity contribution < 1.29 is 0 Å². The topological polar surface area (TPSA) is 0 Å². The highest BCUT2D eigenvalue weighted by Crippen LogP contribution is 2.34. The van der Waals surface area contributed by atoms with Crippen molar-refractivity contribution in [1.29, 1.82) is 0 Å². The van der Waals surface area contributed by atoms with Gasteiger partial charge in [0.15, 0.2) is 0 Å². The summed E-state index contributed by atoms with van der Waals surface area (Å²) in [6.07, 6.45) is 6.78. The molecule has 2 heteroatoms. The molecule has 0 heterocycles. The third-order valence-corrected chi connectivity index (χ3v) is 5.59. The van der Waals surface area contributed by atoms with Gasteiger partial charge in [-0.25, -0.2) is 0 Å². The first-order valence-electron chi connectivity index (χ1n) is 5.52. The van der Waals surface area contributed by atoms with Crippen LogP contribution in [0, 0.1) is 0 Å². The molecule has 0 fully saturated rings. The predicted octanol–water partition coefficient (Wildman–Crippen LogP) is 5.14. The van der Waals surface area contributed by atoms with E-state index >= 15 is 0 Å². The predicted molar refractivity (Wildman–Crippen MR) is 68.5 cm³/mol. The van der Waals surface area contributed by atoms with Gasteiger partial charge in [0.1, 0.15) is 0 Å². The SMILES string of the molecule is CCCCC(C)SSC(C)CCC. The summed E-state index contributed by atoms with van der Waals surface area (Å²) in [6, 6.07) is 0. The molecule has 0 radical (unpaired) electrons. The number of hydrogen-bond acceptors (Lipinski definition) is 2. The zero-order valence-corrected chi connectivity index (χ0v) is 11.1. The smallest absolute Gasteiger partial charge is 0.0123 e. The highest BCUT2D eigenvalue weighted by atomic mass is 33.1. The fraction of sp³-hybridized carbons (Fsp3) is 1.00. The number of rotatable bonds is 8. The molecule has 0 nitrogen and oxygen atoms in total. The molecule has 2 unspecified atom stereocenters. The van der Waals surface area contributed by atoms with Gasteiger partial charge < -0.3 is 0 Å². The monoisotopic (exact) mass is 220 g/mol. The van der Waals surface area contributed by atoms with E-state index in [2.05, 4.69) is 49.3 Å². The molecule has 0 aliphatic heterocycles. The van der Waals surface area contributed by atoms with Gasteiger partial charge in [-0.1, -0.05) is 68.5 Å². The maximum absolute atomic E-state index is 2.35. The summed E-state index contributed by atoms with van der Waals surface area (Å²) in [5, 5.41) is 1.67. The lowest BCUT2D eigenvalue weighted by Crippen LogP contribution is -1.97. The van der Waals surface area contributed by atoms with Crippen molar-refractivity contribution in [2.75, 3.05) is 0 Å². The fourth-order valence-electron chi connectivity index (χ4n) is 1.18. The van der Waals surface area contributed by atoms with Crippen LogP contribution < -0.4 is 0 Å². The van der Waals surface area contributed by atoms with Crippen LogP contribution in [0.15, 0.2) is 0 Å². The Hall–Kier alpha value is 0.700. The van der Waals surface area contributed by atoms with Crippen molar-refractivity contribution in [3.05, 3.63) is 0 Å². The minimum atomic E-state index is 0.832. The second kappa shape index (κ2) is 9.26. The summed E-state index contributed by atoms with van der Waals surface area (Å²) in [7, 11) is 4.16. The van der Waals surface area contributed by atoms with Gasteiger partial charge >= 0.3 is 0 Å². The summed E-state index contributed by atoms with van der Waals surface area (Å²) >= 11 is 0. The van der Waals surface area contributed by atoms with E-state index in [1.165, 1.54) is 32.1 Å². The molecule has 13 heavy (non-hydrogen) atoms. The van der Waals surface area contributed by atoms with Gasteiger partial charge in [-0.05, 0) is 12.8 Å². The summed E-state index contributed by atoms with van der Waals surface area (Å²) in [4.78, 5) is 0. The Labute approximate surface area is 92.0 Å². The first kappa shape index (κ1) is 13.7. The molecule has 0 spiro atoms. The maximum Gasteiger partial charge on any atom is 0.0123 e. The molecule has 80 valence electrons. The highest BCUT2D eigenvalue weighted by Gasteiger charge is 2.06. The molecule has 0 aliphatic carbocycles. The number of unbranched alkanes of at least 4 members (excludes halogenated alkanes) is 1. The van der Waals surface area contributed by atoms with Gasteiger partial charge in [0.2, 0.25) is 0 Å². The Bertz CT molecular complexity index is 104. The summed E-state index contributed by atoms with van der Waals surface area (Å²) < 4.78 is 0. The Kier molecular flexibility index (Phi) is 9.76. The zero-order chi connectivity index (χ0) is 10.1. The van der Waals surface area contributed by atoms with Crippen molar-refractivity contribution in [1.82, 2.24) is 0 Å². The van der Waals surface area contributed by atoms with Crippen molar-refractivity contribution in [2.24, 2.45) is 0 Å². The Morgan fingerprint density at radius 3 is 1.85 bits per heavy atom. The summed E-state index contributed by atoms with van der Waals surface area (Å²) in [5.41, 5.74) is 0. The standard InChI is InChI=1S/C11H24S2/c1-5-7-9-11(4)13-12-10(3)8-6-2/h10-11H,5-9H2,1-4H3. The molecule has 0 aromatic heterocycles. The molecular formula is C11H24S2. The fourth-order valence-corrected chi connectivity index (χ4v) is 3.87. The molecule has 0 N–H and O–H groups in total. The third kappa shape index (κ3) is 9.01. The third-order valence-electron chi connectivity index (χ3n) is 2.04. The van der Waals surface area contributed by atoms with E-state index in [4.69, 9.17) is 0 Å². The minimum absolute atomic E-state index is 0.832. The van der Waals surface area contributed by atoms with Gasteiger partial charge in [0.25, 0.3) is 0 Å². The van der Waals surface area contributed by atoms with Gasteiger partial charge in [0, 0.05) is 10.5 Å². The van der Waals surface area contributed by atoms with Gasteiger partial charge in [0.05, 0.1) is 0 Å². The molecule has 0 rings (SSSR count). The van der Waals surface area contributed by atoms with Crippen molar-refractivity contribution >= 4 is 21.6 Å². The summed E-state index contributed by atoms with van der Waals surface area (Å²) in [5.74, 6) is 0. The molecule has 2 atom stereocenters. The van der Waals surface area contributed by atoms with E-state index in [0.717, 1.165) is 10.5 Å². The van der Waals surface area contributed by atoms with Gasteiger partial charge in [-0.3, -0.25) is 0 Å². The van der Waals surface area contributed by atoms with Crippen LogP contribution >= 0.6 is 21.6 Å². The van der Waals surface area contributed by atoms with E-state index in [-0.39, 0.29) is 0 Å². The number of hydrogen-bond donors (Lipinski definition) is 0. The normalized spacial score (nSPS) is 15.7. The second-order valence-electron chi connectivity index (χ2n) is 3.74. The lowest BCUT2D eigenvalue weighted by molar-refractivity contribution is 0.715. The van der Waals surface area contributed by atoms with E-state index in [1.54, 1.807) is 0 Å². The van der Waals surface area contributed by atoms with Crippen LogP contribution in [0.25, 0.3) is 0 Å². The molecular weight excluding hydrogens is 196 g/mol. The van der Waals surface area contributed by atoms with Crippen LogP contribution in [-0.4, -0.2) is 10.5 Å². The molecule has 0 saturated heterocycles. The van der Waals surface area contributed by atoms with E-state index in [1.807, 2.05) is 0 Å². The van der Waals surface area contributed by atoms with Crippen LogP contribution in [0.1, 0.15) is 59.8 Å². The van der Waals surface area contributed by atoms with Crippen molar-refractivity contribution in [3.63, 3.8) is 0 Å². The molecule has 0 aromatic carbocycles. The van der Waals surface area contributed by atoms with E-state index in [9.17, 15) is 0 Å².